The van der Waals surface area contributed by atoms with Crippen LogP contribution in [-0.4, -0.2) is 20.2 Å². The molecule has 2 N–H and O–H groups in total. The second-order valence-electron chi connectivity index (χ2n) is 9.94. The largest absolute Gasteiger partial charge is 0.508 e. The minimum Gasteiger partial charge on any atom is -0.508 e. The molecule has 2 fully saturated rings. The number of hydrogen-bond acceptors (Lipinski definition) is 2. The minimum absolute atomic E-state index is 0.0725. The zero-order valence-electron chi connectivity index (χ0n) is 16.9. The first-order valence-corrected chi connectivity index (χ1v) is 12.5. The number of alkyl halides is 1. The van der Waals surface area contributed by atoms with Crippen molar-refractivity contribution in [1.29, 1.82) is 0 Å². The van der Waals surface area contributed by atoms with Crippen LogP contribution in [0.3, 0.4) is 0 Å². The molecular weight excluding hydrogens is 447 g/mol. The number of unbranched alkanes of at least 4 members (excludes halogenated alkanes) is 2. The molecule has 0 saturated heterocycles. The molecule has 0 bridgehead atoms. The average molecular weight is 482 g/mol. The van der Waals surface area contributed by atoms with Crippen molar-refractivity contribution >= 4 is 22.6 Å². The van der Waals surface area contributed by atoms with E-state index in [1.165, 1.54) is 54.1 Å². The van der Waals surface area contributed by atoms with E-state index < -0.39 is 5.60 Å². The van der Waals surface area contributed by atoms with Crippen molar-refractivity contribution in [2.45, 2.75) is 83.2 Å². The molecule has 2 nitrogen and oxygen atoms in total. The highest BCUT2D eigenvalue weighted by Gasteiger charge is 2.60. The van der Waals surface area contributed by atoms with Gasteiger partial charge in [0.05, 0.1) is 5.60 Å². The quantitative estimate of drug-likeness (QED) is 0.297. The summed E-state index contributed by atoms with van der Waals surface area (Å²) in [6.45, 7) is 4.47. The number of aromatic hydroxyl groups is 1. The number of benzene rings is 1. The Bertz CT molecular complexity index is 685. The van der Waals surface area contributed by atoms with Crippen LogP contribution < -0.4 is 0 Å². The van der Waals surface area contributed by atoms with Crippen molar-refractivity contribution in [1.82, 2.24) is 0 Å². The zero-order valence-corrected chi connectivity index (χ0v) is 19.0. The Hall–Kier alpha value is -0.290. The second kappa shape index (κ2) is 7.51. The van der Waals surface area contributed by atoms with Gasteiger partial charge in [-0.2, -0.15) is 0 Å². The number of hydrogen-bond donors (Lipinski definition) is 2. The molecule has 27 heavy (non-hydrogen) atoms. The molecule has 0 aliphatic heterocycles. The number of halogens is 1. The van der Waals surface area contributed by atoms with Gasteiger partial charge in [-0.15, -0.1) is 0 Å². The fourth-order valence-corrected chi connectivity index (χ4v) is 7.52. The van der Waals surface area contributed by atoms with Crippen LogP contribution in [0.2, 0.25) is 0 Å². The summed E-state index contributed by atoms with van der Waals surface area (Å²) in [6.07, 6.45) is 10.9. The van der Waals surface area contributed by atoms with E-state index in [1.54, 1.807) is 0 Å². The third-order valence-electron chi connectivity index (χ3n) is 8.66. The normalized spacial score (nSPS) is 40.3. The molecule has 4 rings (SSSR count). The first-order chi connectivity index (χ1) is 12.9. The van der Waals surface area contributed by atoms with Crippen LogP contribution in [-0.2, 0) is 6.42 Å². The molecule has 1 aromatic carbocycles. The molecule has 0 aromatic heterocycles. The molecule has 3 aliphatic carbocycles. The first kappa shape index (κ1) is 20.0. The molecule has 3 aliphatic rings. The van der Waals surface area contributed by atoms with Gasteiger partial charge in [0.1, 0.15) is 5.75 Å². The van der Waals surface area contributed by atoms with Gasteiger partial charge in [0, 0.05) is 0 Å². The molecule has 3 heteroatoms. The van der Waals surface area contributed by atoms with Crippen LogP contribution >= 0.6 is 22.6 Å². The summed E-state index contributed by atoms with van der Waals surface area (Å²) in [5, 5.41) is 21.2. The molecule has 0 unspecified atom stereocenters. The highest BCUT2D eigenvalue weighted by atomic mass is 127. The number of phenols is 1. The predicted octanol–water partition coefficient (Wildman–Crippen LogP) is 6.22. The van der Waals surface area contributed by atoms with Crippen LogP contribution in [0.4, 0.5) is 0 Å². The highest BCUT2D eigenvalue weighted by Crippen LogP contribution is 2.65. The lowest BCUT2D eigenvalue weighted by atomic mass is 9.50. The number of aliphatic hydroxyl groups is 1. The first-order valence-electron chi connectivity index (χ1n) is 11.0. The lowest BCUT2D eigenvalue weighted by molar-refractivity contribution is -0.0988. The molecule has 0 radical (unpaired) electrons. The Labute approximate surface area is 178 Å². The number of phenolic OH excluding ortho intramolecular Hbond substituents is 1. The van der Waals surface area contributed by atoms with Crippen LogP contribution in [0.15, 0.2) is 18.2 Å². The Kier molecular flexibility index (Phi) is 5.57. The van der Waals surface area contributed by atoms with Gasteiger partial charge in [-0.3, -0.25) is 0 Å². The monoisotopic (exact) mass is 482 g/mol. The van der Waals surface area contributed by atoms with Gasteiger partial charge in [0.25, 0.3) is 0 Å². The van der Waals surface area contributed by atoms with E-state index in [1.807, 2.05) is 12.1 Å². The molecule has 150 valence electrons. The molecule has 1 aromatic rings. The van der Waals surface area contributed by atoms with Crippen molar-refractivity contribution in [3.63, 3.8) is 0 Å². The number of fused-ring (bicyclic) bond motifs is 5. The summed E-state index contributed by atoms with van der Waals surface area (Å²) in [7, 11) is 0. The fraction of sp³-hybridized carbons (Fsp3) is 0.750. The van der Waals surface area contributed by atoms with Gasteiger partial charge in [0.2, 0.25) is 0 Å². The molecule has 6 atom stereocenters. The Morgan fingerprint density at radius 2 is 1.93 bits per heavy atom. The van der Waals surface area contributed by atoms with Crippen LogP contribution in [0.1, 0.15) is 82.3 Å². The van der Waals surface area contributed by atoms with Crippen LogP contribution in [0.5, 0.6) is 5.75 Å². The van der Waals surface area contributed by atoms with E-state index in [4.69, 9.17) is 0 Å². The van der Waals surface area contributed by atoms with Crippen molar-refractivity contribution in [3.05, 3.63) is 29.3 Å². The van der Waals surface area contributed by atoms with Crippen molar-refractivity contribution < 1.29 is 10.2 Å². The van der Waals surface area contributed by atoms with Crippen molar-refractivity contribution in [2.75, 3.05) is 4.43 Å². The van der Waals surface area contributed by atoms with Gasteiger partial charge in [-0.05, 0) is 109 Å². The van der Waals surface area contributed by atoms with Gasteiger partial charge in [-0.1, -0.05) is 48.4 Å². The smallest absolute Gasteiger partial charge is 0.115 e. The molecule has 2 saturated carbocycles. The fourth-order valence-electron chi connectivity index (χ4n) is 6.98. The number of rotatable bonds is 5. The van der Waals surface area contributed by atoms with E-state index in [0.717, 1.165) is 19.3 Å². The van der Waals surface area contributed by atoms with Gasteiger partial charge < -0.3 is 10.2 Å². The van der Waals surface area contributed by atoms with Crippen LogP contribution in [0.25, 0.3) is 0 Å². The summed E-state index contributed by atoms with van der Waals surface area (Å²) in [5.74, 6) is 3.09. The van der Waals surface area contributed by atoms with Gasteiger partial charge in [0.15, 0.2) is 0 Å². The Morgan fingerprint density at radius 1 is 1.11 bits per heavy atom. The SMILES string of the molecule is C[C@]12CC[C@@H]3c4ccc(O)cc4C[C@@H](CCCCCI)[C@H]3[C@@H]1CC[C@@]2(C)O. The lowest BCUT2D eigenvalue weighted by Crippen LogP contribution is -2.51. The van der Waals surface area contributed by atoms with Crippen LogP contribution in [0, 0.1) is 23.2 Å². The maximum atomic E-state index is 11.2. The Morgan fingerprint density at radius 3 is 2.70 bits per heavy atom. The van der Waals surface area contributed by atoms with Gasteiger partial charge >= 0.3 is 0 Å². The minimum atomic E-state index is -0.510. The zero-order chi connectivity index (χ0) is 19.2. The third kappa shape index (κ3) is 3.35. The van der Waals surface area contributed by atoms with E-state index in [9.17, 15) is 10.2 Å². The summed E-state index contributed by atoms with van der Waals surface area (Å²) in [6, 6.07) is 6.11. The summed E-state index contributed by atoms with van der Waals surface area (Å²) < 4.78 is 1.26. The highest BCUT2D eigenvalue weighted by molar-refractivity contribution is 14.1. The van der Waals surface area contributed by atoms with E-state index in [2.05, 4.69) is 42.5 Å². The standard InChI is InChI=1S/C24H35IO2/c1-23-11-9-20-19-8-7-18(26)15-17(19)14-16(6-4-3-5-13-25)22(20)21(23)10-12-24(23,2)27/h7-8,15-16,20-22,26-27H,3-6,9-14H2,1-2H3/t16-,20-,21+,22-,23+,24-/m1/s1. The summed E-state index contributed by atoms with van der Waals surface area (Å²) in [4.78, 5) is 0. The van der Waals surface area contributed by atoms with E-state index in [-0.39, 0.29) is 5.41 Å². The molecule has 0 amide bonds. The van der Waals surface area contributed by atoms with Crippen molar-refractivity contribution in [2.24, 2.45) is 23.2 Å². The second-order valence-corrected chi connectivity index (χ2v) is 11.0. The van der Waals surface area contributed by atoms with Gasteiger partial charge in [-0.25, -0.2) is 0 Å². The lowest BCUT2D eigenvalue weighted by Gasteiger charge is -2.55. The van der Waals surface area contributed by atoms with E-state index in [0.29, 0.717) is 29.4 Å². The maximum Gasteiger partial charge on any atom is 0.115 e. The average Bonchev–Trinajstić information content (AvgIpc) is 2.87. The maximum absolute atomic E-state index is 11.2. The van der Waals surface area contributed by atoms with E-state index >= 15 is 0 Å². The molecular formula is C24H35IO2. The van der Waals surface area contributed by atoms with Crippen molar-refractivity contribution in [3.8, 4) is 5.75 Å². The molecule has 0 heterocycles. The Balaban J connectivity index is 1.66. The summed E-state index contributed by atoms with van der Waals surface area (Å²) in [5.41, 5.74) is 2.45. The predicted molar refractivity (Wildman–Crippen MR) is 120 cm³/mol. The topological polar surface area (TPSA) is 40.5 Å². The summed E-state index contributed by atoms with van der Waals surface area (Å²) >= 11 is 2.49. The molecule has 0 spiro atoms. The third-order valence-corrected chi connectivity index (χ3v) is 9.42.